The number of carbonyl (C=O) groups is 2. The van der Waals surface area contributed by atoms with Crippen molar-refractivity contribution in [2.45, 2.75) is 46.1 Å². The number of rotatable bonds is 4. The van der Waals surface area contributed by atoms with Crippen LogP contribution in [0.3, 0.4) is 0 Å². The molecule has 0 saturated carbocycles. The van der Waals surface area contributed by atoms with E-state index in [2.05, 4.69) is 19.2 Å². The van der Waals surface area contributed by atoms with Gasteiger partial charge in [-0.2, -0.15) is 0 Å². The van der Waals surface area contributed by atoms with E-state index in [0.29, 0.717) is 18.3 Å². The van der Waals surface area contributed by atoms with Crippen LogP contribution in [0.25, 0.3) is 0 Å². The minimum Gasteiger partial charge on any atom is -0.480 e. The number of carbonyl (C=O) groups excluding carboxylic acids is 1. The highest BCUT2D eigenvalue weighted by Gasteiger charge is 2.26. The van der Waals surface area contributed by atoms with Crippen LogP contribution in [0.15, 0.2) is 0 Å². The third kappa shape index (κ3) is 3.89. The van der Waals surface area contributed by atoms with Crippen molar-refractivity contribution in [3.05, 3.63) is 0 Å². The topological polar surface area (TPSA) is 69.6 Å². The second-order valence-corrected chi connectivity index (χ2v) is 5.32. The molecular weight excluding hydrogens is 232 g/mol. The molecule has 1 heterocycles. The SMILES string of the molecule is CC[C@@H](NC(=O)N1CCC(C(C)C)CC1)C(=O)O. The van der Waals surface area contributed by atoms with Crippen molar-refractivity contribution < 1.29 is 14.7 Å². The Bertz CT molecular complexity index is 297. The molecule has 0 unspecified atom stereocenters. The van der Waals surface area contributed by atoms with Gasteiger partial charge in [-0.15, -0.1) is 0 Å². The number of carboxylic acid groups (broad SMARTS) is 1. The highest BCUT2D eigenvalue weighted by Crippen LogP contribution is 2.24. The summed E-state index contributed by atoms with van der Waals surface area (Å²) >= 11 is 0. The van der Waals surface area contributed by atoms with Crippen molar-refractivity contribution in [1.29, 1.82) is 0 Å². The number of hydrogen-bond acceptors (Lipinski definition) is 2. The van der Waals surface area contributed by atoms with Crippen molar-refractivity contribution in [2.24, 2.45) is 11.8 Å². The Labute approximate surface area is 109 Å². The van der Waals surface area contributed by atoms with Crippen molar-refractivity contribution in [3.8, 4) is 0 Å². The summed E-state index contributed by atoms with van der Waals surface area (Å²) in [5.41, 5.74) is 0. The third-order valence-electron chi connectivity index (χ3n) is 3.77. The summed E-state index contributed by atoms with van der Waals surface area (Å²) in [6.45, 7) is 7.62. The minimum absolute atomic E-state index is 0.244. The number of carboxylic acids is 1. The third-order valence-corrected chi connectivity index (χ3v) is 3.77. The number of nitrogens with zero attached hydrogens (tertiary/aromatic N) is 1. The van der Waals surface area contributed by atoms with E-state index in [1.54, 1.807) is 11.8 Å². The Kier molecular flexibility index (Phi) is 5.44. The van der Waals surface area contributed by atoms with Gasteiger partial charge < -0.3 is 15.3 Å². The molecule has 18 heavy (non-hydrogen) atoms. The summed E-state index contributed by atoms with van der Waals surface area (Å²) in [6.07, 6.45) is 2.42. The first kappa shape index (κ1) is 14.8. The molecule has 5 nitrogen and oxygen atoms in total. The van der Waals surface area contributed by atoms with Gasteiger partial charge in [-0.25, -0.2) is 9.59 Å². The van der Waals surface area contributed by atoms with E-state index < -0.39 is 12.0 Å². The zero-order chi connectivity index (χ0) is 13.7. The fourth-order valence-electron chi connectivity index (χ4n) is 2.35. The first-order chi connectivity index (χ1) is 8.45. The Morgan fingerprint density at radius 1 is 1.33 bits per heavy atom. The molecule has 0 aromatic rings. The molecule has 2 N–H and O–H groups in total. The Hall–Kier alpha value is -1.26. The lowest BCUT2D eigenvalue weighted by molar-refractivity contribution is -0.139. The molecule has 0 radical (unpaired) electrons. The number of aliphatic carboxylic acids is 1. The van der Waals surface area contributed by atoms with Crippen LogP contribution in [-0.2, 0) is 4.79 Å². The Balaban J connectivity index is 2.42. The number of piperidine rings is 1. The summed E-state index contributed by atoms with van der Waals surface area (Å²) in [6, 6.07) is -1.02. The largest absolute Gasteiger partial charge is 0.480 e. The first-order valence-corrected chi connectivity index (χ1v) is 6.74. The van der Waals surface area contributed by atoms with E-state index in [1.165, 1.54) is 0 Å². The molecule has 1 rings (SSSR count). The van der Waals surface area contributed by atoms with Crippen LogP contribution >= 0.6 is 0 Å². The minimum atomic E-state index is -0.970. The van der Waals surface area contributed by atoms with Gasteiger partial charge in [-0.3, -0.25) is 0 Å². The monoisotopic (exact) mass is 256 g/mol. The van der Waals surface area contributed by atoms with Gasteiger partial charge in [0.05, 0.1) is 0 Å². The Morgan fingerprint density at radius 3 is 2.28 bits per heavy atom. The lowest BCUT2D eigenvalue weighted by Crippen LogP contribution is -2.50. The van der Waals surface area contributed by atoms with Gasteiger partial charge in [0.2, 0.25) is 0 Å². The Morgan fingerprint density at radius 2 is 1.89 bits per heavy atom. The number of hydrogen-bond donors (Lipinski definition) is 2. The molecule has 104 valence electrons. The van der Waals surface area contributed by atoms with Gasteiger partial charge in [0.15, 0.2) is 0 Å². The molecule has 1 aliphatic heterocycles. The van der Waals surface area contributed by atoms with Crippen LogP contribution in [0.4, 0.5) is 4.79 Å². The molecule has 1 aliphatic rings. The molecule has 1 saturated heterocycles. The van der Waals surface area contributed by atoms with Crippen molar-refractivity contribution >= 4 is 12.0 Å². The van der Waals surface area contributed by atoms with E-state index >= 15 is 0 Å². The van der Waals surface area contributed by atoms with Crippen LogP contribution in [0, 0.1) is 11.8 Å². The molecule has 5 heteroatoms. The van der Waals surface area contributed by atoms with E-state index in [-0.39, 0.29) is 6.03 Å². The molecule has 1 fully saturated rings. The van der Waals surface area contributed by atoms with Gasteiger partial charge in [-0.05, 0) is 31.1 Å². The van der Waals surface area contributed by atoms with Gasteiger partial charge in [0, 0.05) is 13.1 Å². The van der Waals surface area contributed by atoms with Crippen LogP contribution in [0.2, 0.25) is 0 Å². The van der Waals surface area contributed by atoms with E-state index in [4.69, 9.17) is 5.11 Å². The molecule has 1 atom stereocenters. The quantitative estimate of drug-likeness (QED) is 0.807. The van der Waals surface area contributed by atoms with Crippen molar-refractivity contribution in [1.82, 2.24) is 10.2 Å². The van der Waals surface area contributed by atoms with E-state index in [0.717, 1.165) is 25.9 Å². The summed E-state index contributed by atoms with van der Waals surface area (Å²) in [4.78, 5) is 24.5. The molecule has 0 aromatic carbocycles. The molecule has 0 bridgehead atoms. The van der Waals surface area contributed by atoms with Crippen molar-refractivity contribution in [2.75, 3.05) is 13.1 Å². The lowest BCUT2D eigenvalue weighted by Gasteiger charge is -2.34. The maximum absolute atomic E-state index is 11.9. The average molecular weight is 256 g/mol. The second kappa shape index (κ2) is 6.61. The van der Waals surface area contributed by atoms with E-state index in [1.807, 2.05) is 0 Å². The standard InChI is InChI=1S/C13H24N2O3/c1-4-11(12(16)17)14-13(18)15-7-5-10(6-8-15)9(2)3/h9-11H,4-8H2,1-3H3,(H,14,18)(H,16,17)/t11-/m1/s1. The molecule has 2 amide bonds. The van der Waals surface area contributed by atoms with Gasteiger partial charge in [-0.1, -0.05) is 20.8 Å². The summed E-state index contributed by atoms with van der Waals surface area (Å²) < 4.78 is 0. The van der Waals surface area contributed by atoms with Crippen LogP contribution < -0.4 is 5.32 Å². The normalized spacial score (nSPS) is 18.8. The zero-order valence-electron chi connectivity index (χ0n) is 11.5. The summed E-state index contributed by atoms with van der Waals surface area (Å²) in [7, 11) is 0. The van der Waals surface area contributed by atoms with Gasteiger partial charge >= 0.3 is 12.0 Å². The molecule has 0 aromatic heterocycles. The van der Waals surface area contributed by atoms with E-state index in [9.17, 15) is 9.59 Å². The zero-order valence-corrected chi connectivity index (χ0v) is 11.5. The number of likely N-dealkylation sites (tertiary alicyclic amines) is 1. The number of nitrogens with one attached hydrogen (secondary N) is 1. The van der Waals surface area contributed by atoms with Crippen LogP contribution in [0.5, 0.6) is 0 Å². The van der Waals surface area contributed by atoms with Crippen LogP contribution in [0.1, 0.15) is 40.0 Å². The predicted octanol–water partition coefficient (Wildman–Crippen LogP) is 1.93. The predicted molar refractivity (Wildman–Crippen MR) is 69.4 cm³/mol. The maximum atomic E-state index is 11.9. The fourth-order valence-corrected chi connectivity index (χ4v) is 2.35. The van der Waals surface area contributed by atoms with Gasteiger partial charge in [0.1, 0.15) is 6.04 Å². The maximum Gasteiger partial charge on any atom is 0.326 e. The van der Waals surface area contributed by atoms with Gasteiger partial charge in [0.25, 0.3) is 0 Å². The molecule has 0 spiro atoms. The average Bonchev–Trinajstić information content (AvgIpc) is 2.35. The highest BCUT2D eigenvalue weighted by molar-refractivity contribution is 5.82. The second-order valence-electron chi connectivity index (χ2n) is 5.32. The summed E-state index contributed by atoms with van der Waals surface area (Å²) in [5.74, 6) is 0.357. The lowest BCUT2D eigenvalue weighted by atomic mass is 9.87. The summed E-state index contributed by atoms with van der Waals surface area (Å²) in [5, 5.41) is 11.5. The first-order valence-electron chi connectivity index (χ1n) is 6.74. The fraction of sp³-hybridized carbons (Fsp3) is 0.846. The van der Waals surface area contributed by atoms with Crippen LogP contribution in [-0.4, -0.2) is 41.1 Å². The van der Waals surface area contributed by atoms with Crippen molar-refractivity contribution in [3.63, 3.8) is 0 Å². The highest BCUT2D eigenvalue weighted by atomic mass is 16.4. The smallest absolute Gasteiger partial charge is 0.326 e. The number of urea groups is 1. The number of amides is 2. The molecule has 0 aliphatic carbocycles. The molecular formula is C13H24N2O3.